The highest BCUT2D eigenvalue weighted by Crippen LogP contribution is 2.09. The molecule has 0 aliphatic rings. The lowest BCUT2D eigenvalue weighted by Crippen LogP contribution is -2.33. The van der Waals surface area contributed by atoms with E-state index < -0.39 is 6.04 Å². The second kappa shape index (κ2) is 5.66. The quantitative estimate of drug-likeness (QED) is 0.807. The predicted molar refractivity (Wildman–Crippen MR) is 67.9 cm³/mol. The molecule has 0 saturated carbocycles. The minimum absolute atomic E-state index is 0.229. The van der Waals surface area contributed by atoms with E-state index in [1.807, 2.05) is 6.92 Å². The van der Waals surface area contributed by atoms with E-state index in [4.69, 9.17) is 10.2 Å². The van der Waals surface area contributed by atoms with Crippen molar-refractivity contribution in [3.05, 3.63) is 35.8 Å². The number of aromatic nitrogens is 3. The van der Waals surface area contributed by atoms with E-state index in [0.717, 1.165) is 12.2 Å². The van der Waals surface area contributed by atoms with Gasteiger partial charge in [0.05, 0.1) is 18.9 Å². The molecule has 1 atom stereocenters. The number of nitrogens with two attached hydrogens (primary N) is 1. The van der Waals surface area contributed by atoms with Crippen molar-refractivity contribution in [1.29, 1.82) is 0 Å². The molecule has 0 spiro atoms. The number of rotatable bonds is 5. The molecule has 1 unspecified atom stereocenters. The van der Waals surface area contributed by atoms with Gasteiger partial charge in [-0.1, -0.05) is 6.92 Å². The van der Waals surface area contributed by atoms with Gasteiger partial charge >= 0.3 is 0 Å². The smallest absolute Gasteiger partial charge is 0.242 e. The van der Waals surface area contributed by atoms with Crippen molar-refractivity contribution in [3.63, 3.8) is 0 Å². The molecule has 0 bridgehead atoms. The van der Waals surface area contributed by atoms with Crippen molar-refractivity contribution in [1.82, 2.24) is 20.1 Å². The molecule has 1 amide bonds. The summed E-state index contributed by atoms with van der Waals surface area (Å²) in [5.74, 6) is 0.980. The van der Waals surface area contributed by atoms with Crippen molar-refractivity contribution in [2.75, 3.05) is 0 Å². The molecule has 2 rings (SSSR count). The molecule has 0 aliphatic heterocycles. The Morgan fingerprint density at radius 2 is 2.37 bits per heavy atom. The summed E-state index contributed by atoms with van der Waals surface area (Å²) in [5, 5.41) is 6.67. The number of hydrogen-bond acceptors (Lipinski definition) is 5. The molecule has 2 heterocycles. The number of carbonyl (C=O) groups is 1. The van der Waals surface area contributed by atoms with E-state index in [0.29, 0.717) is 11.5 Å². The van der Waals surface area contributed by atoms with Crippen molar-refractivity contribution in [3.8, 4) is 0 Å². The van der Waals surface area contributed by atoms with Gasteiger partial charge in [0.1, 0.15) is 11.8 Å². The minimum atomic E-state index is -0.741. The Hall–Kier alpha value is -2.15. The maximum absolute atomic E-state index is 11.9. The first-order valence-electron chi connectivity index (χ1n) is 6.05. The predicted octanol–water partition coefficient (Wildman–Crippen LogP) is 0.287. The van der Waals surface area contributed by atoms with Crippen molar-refractivity contribution < 1.29 is 9.21 Å². The van der Waals surface area contributed by atoms with Gasteiger partial charge in [0.25, 0.3) is 0 Å². The summed E-state index contributed by atoms with van der Waals surface area (Å²) in [4.78, 5) is 15.9. The molecule has 0 radical (unpaired) electrons. The number of carbonyl (C=O) groups excluding carboxylic acids is 1. The van der Waals surface area contributed by atoms with Crippen LogP contribution in [0.5, 0.6) is 0 Å². The molecule has 2 aromatic heterocycles. The van der Waals surface area contributed by atoms with E-state index in [1.165, 1.54) is 0 Å². The molecule has 7 nitrogen and oxygen atoms in total. The van der Waals surface area contributed by atoms with Gasteiger partial charge in [-0.3, -0.25) is 9.48 Å². The highest BCUT2D eigenvalue weighted by atomic mass is 16.4. The van der Waals surface area contributed by atoms with Crippen LogP contribution >= 0.6 is 0 Å². The zero-order valence-corrected chi connectivity index (χ0v) is 11.0. The first-order chi connectivity index (χ1) is 9.10. The van der Waals surface area contributed by atoms with Crippen LogP contribution in [0.2, 0.25) is 0 Å². The lowest BCUT2D eigenvalue weighted by molar-refractivity contribution is -0.122. The second-order valence-electron chi connectivity index (χ2n) is 4.22. The van der Waals surface area contributed by atoms with Crippen molar-refractivity contribution in [2.24, 2.45) is 12.8 Å². The summed E-state index contributed by atoms with van der Waals surface area (Å²) in [5.41, 5.74) is 6.50. The van der Waals surface area contributed by atoms with Crippen LogP contribution in [0, 0.1) is 0 Å². The Bertz CT molecular complexity index is 560. The van der Waals surface area contributed by atoms with Gasteiger partial charge in [0, 0.05) is 25.2 Å². The van der Waals surface area contributed by atoms with E-state index in [1.54, 1.807) is 30.3 Å². The molecule has 0 saturated heterocycles. The Morgan fingerprint density at radius 1 is 1.58 bits per heavy atom. The van der Waals surface area contributed by atoms with E-state index in [9.17, 15) is 4.79 Å². The first-order valence-corrected chi connectivity index (χ1v) is 6.05. The fourth-order valence-corrected chi connectivity index (χ4v) is 1.62. The number of aryl methyl sites for hydroxylation is 2. The highest BCUT2D eigenvalue weighted by molar-refractivity contribution is 5.82. The Morgan fingerprint density at radius 3 is 2.95 bits per heavy atom. The third-order valence-electron chi connectivity index (χ3n) is 2.73. The topological polar surface area (TPSA) is 99.0 Å². The van der Waals surface area contributed by atoms with E-state index in [-0.39, 0.29) is 12.5 Å². The molecule has 3 N–H and O–H groups in total. The van der Waals surface area contributed by atoms with Gasteiger partial charge in [0.15, 0.2) is 0 Å². The average molecular weight is 263 g/mol. The van der Waals surface area contributed by atoms with Crippen LogP contribution in [-0.4, -0.2) is 20.7 Å². The zero-order chi connectivity index (χ0) is 13.8. The van der Waals surface area contributed by atoms with Crippen LogP contribution in [0.15, 0.2) is 23.0 Å². The third kappa shape index (κ3) is 3.19. The highest BCUT2D eigenvalue weighted by Gasteiger charge is 2.17. The Balaban J connectivity index is 1.90. The van der Waals surface area contributed by atoms with E-state index in [2.05, 4.69) is 15.4 Å². The van der Waals surface area contributed by atoms with E-state index >= 15 is 0 Å². The summed E-state index contributed by atoms with van der Waals surface area (Å²) < 4.78 is 6.99. The van der Waals surface area contributed by atoms with Crippen LogP contribution in [0.1, 0.15) is 30.2 Å². The average Bonchev–Trinajstić information content (AvgIpc) is 3.03. The van der Waals surface area contributed by atoms with Gasteiger partial charge < -0.3 is 15.5 Å². The second-order valence-corrected chi connectivity index (χ2v) is 4.22. The summed E-state index contributed by atoms with van der Waals surface area (Å²) in [7, 11) is 1.77. The van der Waals surface area contributed by atoms with Crippen LogP contribution < -0.4 is 11.1 Å². The lowest BCUT2D eigenvalue weighted by atomic mass is 10.1. The number of nitrogens with one attached hydrogen (secondary N) is 1. The SMILES string of the molecule is CCc1cnc(CNC(=O)C(N)c2cnn(C)c2)o1. The first kappa shape index (κ1) is 13.3. The summed E-state index contributed by atoms with van der Waals surface area (Å²) in [6.07, 6.45) is 5.72. The maximum Gasteiger partial charge on any atom is 0.242 e. The molecular weight excluding hydrogens is 246 g/mol. The van der Waals surface area contributed by atoms with Crippen molar-refractivity contribution >= 4 is 5.91 Å². The van der Waals surface area contributed by atoms with Gasteiger partial charge in [-0.05, 0) is 0 Å². The molecule has 7 heteroatoms. The van der Waals surface area contributed by atoms with Crippen LogP contribution in [-0.2, 0) is 24.8 Å². The normalized spacial score (nSPS) is 12.4. The molecule has 102 valence electrons. The molecule has 19 heavy (non-hydrogen) atoms. The fourth-order valence-electron chi connectivity index (χ4n) is 1.62. The largest absolute Gasteiger partial charge is 0.444 e. The summed E-state index contributed by atoms with van der Waals surface area (Å²) in [6.45, 7) is 2.20. The van der Waals surface area contributed by atoms with Crippen molar-refractivity contribution in [2.45, 2.75) is 25.9 Å². The molecule has 0 aliphatic carbocycles. The molecule has 2 aromatic rings. The maximum atomic E-state index is 11.9. The third-order valence-corrected chi connectivity index (χ3v) is 2.73. The number of oxazole rings is 1. The number of amides is 1. The van der Waals surface area contributed by atoms with Gasteiger partial charge in [-0.15, -0.1) is 0 Å². The monoisotopic (exact) mass is 263 g/mol. The summed E-state index contributed by atoms with van der Waals surface area (Å²) >= 11 is 0. The fraction of sp³-hybridized carbons (Fsp3) is 0.417. The van der Waals surface area contributed by atoms with Gasteiger partial charge in [0.2, 0.25) is 11.8 Å². The van der Waals surface area contributed by atoms with Crippen LogP contribution in [0.3, 0.4) is 0 Å². The van der Waals surface area contributed by atoms with Gasteiger partial charge in [-0.2, -0.15) is 5.10 Å². The Labute approximate surface area is 110 Å². The minimum Gasteiger partial charge on any atom is -0.444 e. The van der Waals surface area contributed by atoms with Crippen LogP contribution in [0.25, 0.3) is 0 Å². The summed E-state index contributed by atoms with van der Waals surface area (Å²) in [6, 6.07) is -0.741. The zero-order valence-electron chi connectivity index (χ0n) is 11.0. The number of nitrogens with zero attached hydrogens (tertiary/aromatic N) is 3. The van der Waals surface area contributed by atoms with Crippen LogP contribution in [0.4, 0.5) is 0 Å². The molecular formula is C12H17N5O2. The number of hydrogen-bond donors (Lipinski definition) is 2. The molecule has 0 aromatic carbocycles. The molecule has 0 fully saturated rings. The van der Waals surface area contributed by atoms with Gasteiger partial charge in [-0.25, -0.2) is 4.98 Å². The Kier molecular flexibility index (Phi) is 3.96. The lowest BCUT2D eigenvalue weighted by Gasteiger charge is -2.08. The standard InChI is InChI=1S/C12H17N5O2/c1-3-9-5-14-10(19-9)6-15-12(18)11(13)8-4-16-17(2)7-8/h4-5,7,11H,3,6,13H2,1-2H3,(H,15,18).